The van der Waals surface area contributed by atoms with Gasteiger partial charge in [0, 0.05) is 13.2 Å². The van der Waals surface area contributed by atoms with Gasteiger partial charge in [-0.15, -0.1) is 0 Å². The highest BCUT2D eigenvalue weighted by molar-refractivity contribution is 5.85. The number of carbonyl (C=O) groups is 2. The largest absolute Gasteiger partial charge is 0.481 e. The summed E-state index contributed by atoms with van der Waals surface area (Å²) in [6.07, 6.45) is 4.53. The molecule has 0 heterocycles. The van der Waals surface area contributed by atoms with Crippen molar-refractivity contribution in [1.82, 2.24) is 5.32 Å². The summed E-state index contributed by atoms with van der Waals surface area (Å²) in [5.41, 5.74) is 0. The first-order valence-electron chi connectivity index (χ1n) is 5.82. The third-order valence-corrected chi connectivity index (χ3v) is 3.02. The molecule has 3 atom stereocenters. The van der Waals surface area contributed by atoms with Gasteiger partial charge in [0.15, 0.2) is 0 Å². The van der Waals surface area contributed by atoms with Gasteiger partial charge in [0.1, 0.15) is 0 Å². The minimum Gasteiger partial charge on any atom is -0.481 e. The number of nitrogens with one attached hydrogen (secondary N) is 1. The molecule has 1 amide bonds. The zero-order valence-corrected chi connectivity index (χ0v) is 9.93. The molecule has 0 saturated carbocycles. The number of carbonyl (C=O) groups excluding carboxylic acids is 1. The second-order valence-corrected chi connectivity index (χ2v) is 4.53. The Morgan fingerprint density at radius 3 is 2.47 bits per heavy atom. The molecule has 5 heteroatoms. The van der Waals surface area contributed by atoms with Crippen molar-refractivity contribution in [3.8, 4) is 0 Å². The van der Waals surface area contributed by atoms with Crippen LogP contribution in [-0.2, 0) is 9.59 Å². The lowest BCUT2D eigenvalue weighted by Gasteiger charge is -2.24. The summed E-state index contributed by atoms with van der Waals surface area (Å²) in [5, 5.41) is 20.6. The fraction of sp³-hybridized carbons (Fsp3) is 0.667. The van der Waals surface area contributed by atoms with Gasteiger partial charge < -0.3 is 15.5 Å². The van der Waals surface area contributed by atoms with E-state index in [2.05, 4.69) is 5.32 Å². The molecule has 0 radical (unpaired) electrons. The highest BCUT2D eigenvalue weighted by atomic mass is 16.4. The molecule has 0 aromatic heterocycles. The summed E-state index contributed by atoms with van der Waals surface area (Å²) in [4.78, 5) is 22.9. The molecular formula is C12H19NO4. The molecule has 3 N–H and O–H groups in total. The maximum Gasteiger partial charge on any atom is 0.307 e. The third kappa shape index (κ3) is 3.85. The predicted octanol–water partition coefficient (Wildman–Crippen LogP) is 0.398. The van der Waals surface area contributed by atoms with E-state index in [4.69, 9.17) is 10.2 Å². The molecule has 0 aromatic rings. The molecule has 96 valence electrons. The number of rotatable bonds is 5. The molecule has 0 bridgehead atoms. The van der Waals surface area contributed by atoms with Crippen LogP contribution < -0.4 is 5.32 Å². The van der Waals surface area contributed by atoms with Crippen LogP contribution in [0.5, 0.6) is 0 Å². The quantitative estimate of drug-likeness (QED) is 0.608. The summed E-state index contributed by atoms with van der Waals surface area (Å²) in [7, 11) is 0. The van der Waals surface area contributed by atoms with Gasteiger partial charge in [-0.2, -0.15) is 0 Å². The molecule has 0 spiro atoms. The Kier molecular flexibility index (Phi) is 5.15. The standard InChI is InChI=1S/C12H19NO4/c1-8(7-14)6-13-11(15)9-4-2-3-5-10(9)12(16)17/h2-3,8-10,14H,4-7H2,1H3,(H,13,15)(H,16,17). The van der Waals surface area contributed by atoms with Crippen LogP contribution in [0.25, 0.3) is 0 Å². The van der Waals surface area contributed by atoms with Crippen molar-refractivity contribution in [2.45, 2.75) is 19.8 Å². The molecular weight excluding hydrogens is 222 g/mol. The average Bonchev–Trinajstić information content (AvgIpc) is 2.35. The zero-order valence-electron chi connectivity index (χ0n) is 9.93. The van der Waals surface area contributed by atoms with Gasteiger partial charge in [-0.25, -0.2) is 0 Å². The summed E-state index contributed by atoms with van der Waals surface area (Å²) >= 11 is 0. The van der Waals surface area contributed by atoms with Crippen molar-refractivity contribution in [2.24, 2.45) is 17.8 Å². The molecule has 17 heavy (non-hydrogen) atoms. The van der Waals surface area contributed by atoms with Crippen LogP contribution >= 0.6 is 0 Å². The monoisotopic (exact) mass is 241 g/mol. The molecule has 0 fully saturated rings. The lowest BCUT2D eigenvalue weighted by molar-refractivity contribution is -0.147. The smallest absolute Gasteiger partial charge is 0.307 e. The Balaban J connectivity index is 2.54. The second-order valence-electron chi connectivity index (χ2n) is 4.53. The van der Waals surface area contributed by atoms with E-state index >= 15 is 0 Å². The van der Waals surface area contributed by atoms with E-state index < -0.39 is 17.8 Å². The highest BCUT2D eigenvalue weighted by Gasteiger charge is 2.33. The normalized spacial score (nSPS) is 25.3. The van der Waals surface area contributed by atoms with Crippen LogP contribution in [0.4, 0.5) is 0 Å². The Morgan fingerprint density at radius 1 is 1.35 bits per heavy atom. The molecule has 0 saturated heterocycles. The number of amides is 1. The Morgan fingerprint density at radius 2 is 1.94 bits per heavy atom. The average molecular weight is 241 g/mol. The fourth-order valence-electron chi connectivity index (χ4n) is 1.85. The number of carboxylic acid groups (broad SMARTS) is 1. The Labute approximate surface area is 101 Å². The summed E-state index contributed by atoms with van der Waals surface area (Å²) in [5.74, 6) is -2.30. The summed E-state index contributed by atoms with van der Waals surface area (Å²) in [6.45, 7) is 2.20. The first kappa shape index (κ1) is 13.7. The molecule has 3 unspecified atom stereocenters. The van der Waals surface area contributed by atoms with Crippen molar-refractivity contribution in [3.05, 3.63) is 12.2 Å². The van der Waals surface area contributed by atoms with Gasteiger partial charge in [-0.1, -0.05) is 19.1 Å². The fourth-order valence-corrected chi connectivity index (χ4v) is 1.85. The summed E-state index contributed by atoms with van der Waals surface area (Å²) in [6, 6.07) is 0. The van der Waals surface area contributed by atoms with Crippen LogP contribution in [0.2, 0.25) is 0 Å². The van der Waals surface area contributed by atoms with E-state index in [0.717, 1.165) is 0 Å². The minimum atomic E-state index is -0.926. The topological polar surface area (TPSA) is 86.6 Å². The highest BCUT2D eigenvalue weighted by Crippen LogP contribution is 2.25. The predicted molar refractivity (Wildman–Crippen MR) is 62.2 cm³/mol. The lowest BCUT2D eigenvalue weighted by atomic mass is 9.82. The first-order valence-corrected chi connectivity index (χ1v) is 5.82. The van der Waals surface area contributed by atoms with Crippen LogP contribution in [-0.4, -0.2) is 35.2 Å². The van der Waals surface area contributed by atoms with Crippen molar-refractivity contribution in [3.63, 3.8) is 0 Å². The summed E-state index contributed by atoms with van der Waals surface area (Å²) < 4.78 is 0. The molecule has 5 nitrogen and oxygen atoms in total. The number of carboxylic acids is 1. The van der Waals surface area contributed by atoms with Crippen LogP contribution in [0.1, 0.15) is 19.8 Å². The number of aliphatic hydroxyl groups excluding tert-OH is 1. The number of aliphatic carboxylic acids is 1. The van der Waals surface area contributed by atoms with E-state index in [1.54, 1.807) is 6.08 Å². The van der Waals surface area contributed by atoms with E-state index in [-0.39, 0.29) is 18.4 Å². The van der Waals surface area contributed by atoms with Gasteiger partial charge in [0.2, 0.25) is 5.91 Å². The maximum atomic E-state index is 11.8. The molecule has 1 aliphatic rings. The van der Waals surface area contributed by atoms with Crippen molar-refractivity contribution in [1.29, 1.82) is 0 Å². The maximum absolute atomic E-state index is 11.8. The third-order valence-electron chi connectivity index (χ3n) is 3.02. The van der Waals surface area contributed by atoms with E-state index in [1.807, 2.05) is 13.0 Å². The van der Waals surface area contributed by atoms with E-state index in [1.165, 1.54) is 0 Å². The van der Waals surface area contributed by atoms with E-state index in [0.29, 0.717) is 19.4 Å². The van der Waals surface area contributed by atoms with Crippen molar-refractivity contribution in [2.75, 3.05) is 13.2 Å². The number of hydrogen-bond donors (Lipinski definition) is 3. The lowest BCUT2D eigenvalue weighted by Crippen LogP contribution is -2.40. The molecule has 1 rings (SSSR count). The van der Waals surface area contributed by atoms with Gasteiger partial charge in [0.25, 0.3) is 0 Å². The number of hydrogen-bond acceptors (Lipinski definition) is 3. The molecule has 0 aromatic carbocycles. The van der Waals surface area contributed by atoms with Crippen LogP contribution in [0.3, 0.4) is 0 Å². The van der Waals surface area contributed by atoms with Crippen molar-refractivity contribution >= 4 is 11.9 Å². The first-order chi connectivity index (χ1) is 8.06. The van der Waals surface area contributed by atoms with Crippen LogP contribution in [0.15, 0.2) is 12.2 Å². The van der Waals surface area contributed by atoms with E-state index in [9.17, 15) is 9.59 Å². The number of aliphatic hydroxyl groups is 1. The Hall–Kier alpha value is -1.36. The van der Waals surface area contributed by atoms with Crippen LogP contribution in [0, 0.1) is 17.8 Å². The van der Waals surface area contributed by atoms with Crippen molar-refractivity contribution < 1.29 is 19.8 Å². The zero-order chi connectivity index (χ0) is 12.8. The van der Waals surface area contributed by atoms with Gasteiger partial charge in [-0.3, -0.25) is 9.59 Å². The number of allylic oxidation sites excluding steroid dienone is 2. The molecule has 1 aliphatic carbocycles. The minimum absolute atomic E-state index is 0.00715. The van der Waals surface area contributed by atoms with Gasteiger partial charge >= 0.3 is 5.97 Å². The van der Waals surface area contributed by atoms with Gasteiger partial charge in [-0.05, 0) is 18.8 Å². The Bertz CT molecular complexity index is 314. The van der Waals surface area contributed by atoms with Gasteiger partial charge in [0.05, 0.1) is 11.8 Å². The SMILES string of the molecule is CC(CO)CNC(=O)C1CC=CCC1C(=O)O. The molecule has 0 aliphatic heterocycles. The second kappa shape index (κ2) is 6.39.